The topological polar surface area (TPSA) is 26.7 Å². The van der Waals surface area contributed by atoms with Gasteiger partial charge in [0.2, 0.25) is 0 Å². The Bertz CT molecular complexity index is 190. The molecule has 0 amide bonds. The van der Waals surface area contributed by atoms with Crippen molar-refractivity contribution in [2.45, 2.75) is 44.8 Å². The van der Waals surface area contributed by atoms with E-state index in [1.54, 1.807) is 0 Å². The predicted octanol–water partition coefficient (Wildman–Crippen LogP) is 1.17. The van der Waals surface area contributed by atoms with Gasteiger partial charge in [-0.3, -0.25) is 4.90 Å². The number of hydrogen-bond donors (Lipinski definition) is 1. The molecular formula is C12H26N2O. The molecule has 1 rings (SSSR count). The van der Waals surface area contributed by atoms with Gasteiger partial charge in [0, 0.05) is 19.1 Å². The first-order chi connectivity index (χ1) is 7.00. The van der Waals surface area contributed by atoms with Gasteiger partial charge in [-0.2, -0.15) is 0 Å². The van der Waals surface area contributed by atoms with Crippen molar-refractivity contribution in [1.82, 2.24) is 9.80 Å². The third-order valence-electron chi connectivity index (χ3n) is 3.81. The van der Waals surface area contributed by atoms with Gasteiger partial charge in [-0.15, -0.1) is 0 Å². The number of nitrogens with zero attached hydrogens (tertiary/aromatic N) is 2. The maximum absolute atomic E-state index is 10.3. The Kier molecular flexibility index (Phi) is 4.56. The zero-order valence-corrected chi connectivity index (χ0v) is 10.7. The molecular weight excluding hydrogens is 188 g/mol. The molecule has 1 aliphatic rings. The number of aliphatic hydroxyl groups is 1. The molecule has 1 heterocycles. The first-order valence-corrected chi connectivity index (χ1v) is 6.12. The van der Waals surface area contributed by atoms with Crippen LogP contribution in [0.25, 0.3) is 0 Å². The maximum Gasteiger partial charge on any atom is 0.0768 e. The summed E-state index contributed by atoms with van der Waals surface area (Å²) in [6.07, 6.45) is 2.94. The Morgan fingerprint density at radius 1 is 1.33 bits per heavy atom. The van der Waals surface area contributed by atoms with E-state index in [2.05, 4.69) is 37.7 Å². The number of β-amino-alcohol motifs (C(OH)–C–C–N with tert-alkyl or cyclic N) is 1. The molecule has 90 valence electrons. The summed E-state index contributed by atoms with van der Waals surface area (Å²) < 4.78 is 0. The normalized spacial score (nSPS) is 24.0. The minimum Gasteiger partial charge on any atom is -0.389 e. The van der Waals surface area contributed by atoms with Crippen molar-refractivity contribution in [1.29, 1.82) is 0 Å². The fourth-order valence-corrected chi connectivity index (χ4v) is 2.27. The third kappa shape index (κ3) is 3.44. The van der Waals surface area contributed by atoms with Gasteiger partial charge in [0.05, 0.1) is 5.60 Å². The molecule has 15 heavy (non-hydrogen) atoms. The Hall–Kier alpha value is -0.120. The second-order valence-electron chi connectivity index (χ2n) is 5.07. The number of likely N-dealkylation sites (tertiary alicyclic amines) is 1. The van der Waals surface area contributed by atoms with Crippen LogP contribution in [0.3, 0.4) is 0 Å². The molecule has 0 bridgehead atoms. The molecule has 1 atom stereocenters. The van der Waals surface area contributed by atoms with Gasteiger partial charge in [-0.25, -0.2) is 0 Å². The van der Waals surface area contributed by atoms with E-state index in [0.29, 0.717) is 6.04 Å². The first kappa shape index (κ1) is 12.9. The van der Waals surface area contributed by atoms with Crippen molar-refractivity contribution in [2.75, 3.05) is 33.7 Å². The second kappa shape index (κ2) is 5.28. The van der Waals surface area contributed by atoms with E-state index in [4.69, 9.17) is 0 Å². The number of rotatable bonds is 5. The molecule has 0 aliphatic carbocycles. The average molecular weight is 214 g/mol. The van der Waals surface area contributed by atoms with E-state index in [9.17, 15) is 5.11 Å². The summed E-state index contributed by atoms with van der Waals surface area (Å²) in [6.45, 7) is 7.22. The van der Waals surface area contributed by atoms with Crippen LogP contribution in [-0.4, -0.2) is 60.3 Å². The fraction of sp³-hybridized carbons (Fsp3) is 1.00. The molecule has 0 aromatic heterocycles. The van der Waals surface area contributed by atoms with Crippen LogP contribution >= 0.6 is 0 Å². The molecule has 1 unspecified atom stereocenters. The summed E-state index contributed by atoms with van der Waals surface area (Å²) in [7, 11) is 4.28. The number of hydrogen-bond acceptors (Lipinski definition) is 3. The largest absolute Gasteiger partial charge is 0.389 e. The standard InChI is InChI=1S/C12H26N2O/c1-5-12(15,6-2)10-14-8-7-11(9-14)13(3)4/h11,15H,5-10H2,1-4H3. The van der Waals surface area contributed by atoms with Gasteiger partial charge in [0.25, 0.3) is 0 Å². The van der Waals surface area contributed by atoms with Crippen molar-refractivity contribution >= 4 is 0 Å². The summed E-state index contributed by atoms with van der Waals surface area (Å²) in [4.78, 5) is 4.69. The number of likely N-dealkylation sites (N-methyl/N-ethyl adjacent to an activating group) is 1. The molecule has 3 nitrogen and oxygen atoms in total. The lowest BCUT2D eigenvalue weighted by molar-refractivity contribution is 0.00126. The monoisotopic (exact) mass is 214 g/mol. The Balaban J connectivity index is 2.41. The van der Waals surface area contributed by atoms with Crippen LogP contribution < -0.4 is 0 Å². The van der Waals surface area contributed by atoms with Gasteiger partial charge in [-0.1, -0.05) is 13.8 Å². The Labute approximate surface area is 94.1 Å². The smallest absolute Gasteiger partial charge is 0.0768 e. The zero-order chi connectivity index (χ0) is 11.5. The Morgan fingerprint density at radius 2 is 1.93 bits per heavy atom. The molecule has 0 saturated carbocycles. The third-order valence-corrected chi connectivity index (χ3v) is 3.81. The predicted molar refractivity (Wildman–Crippen MR) is 64.1 cm³/mol. The van der Waals surface area contributed by atoms with E-state index in [0.717, 1.165) is 32.5 Å². The van der Waals surface area contributed by atoms with Crippen LogP contribution in [0.5, 0.6) is 0 Å². The van der Waals surface area contributed by atoms with E-state index in [-0.39, 0.29) is 0 Å². The lowest BCUT2D eigenvalue weighted by atomic mass is 9.97. The maximum atomic E-state index is 10.3. The fourth-order valence-electron chi connectivity index (χ4n) is 2.27. The molecule has 0 spiro atoms. The summed E-state index contributed by atoms with van der Waals surface area (Å²) in [5.74, 6) is 0. The molecule has 1 fully saturated rings. The van der Waals surface area contributed by atoms with E-state index in [1.807, 2.05) is 0 Å². The average Bonchev–Trinajstić information content (AvgIpc) is 2.66. The van der Waals surface area contributed by atoms with Gasteiger partial charge in [-0.05, 0) is 39.9 Å². The molecule has 1 N–H and O–H groups in total. The van der Waals surface area contributed by atoms with E-state index < -0.39 is 5.60 Å². The van der Waals surface area contributed by atoms with Gasteiger partial charge >= 0.3 is 0 Å². The molecule has 0 aromatic rings. The molecule has 0 aromatic carbocycles. The van der Waals surface area contributed by atoms with Crippen molar-refractivity contribution in [3.8, 4) is 0 Å². The van der Waals surface area contributed by atoms with E-state index >= 15 is 0 Å². The minimum absolute atomic E-state index is 0.471. The van der Waals surface area contributed by atoms with Crippen molar-refractivity contribution in [3.05, 3.63) is 0 Å². The van der Waals surface area contributed by atoms with Crippen LogP contribution in [-0.2, 0) is 0 Å². The highest BCUT2D eigenvalue weighted by Gasteiger charge is 2.30. The Morgan fingerprint density at radius 3 is 2.33 bits per heavy atom. The van der Waals surface area contributed by atoms with Crippen LogP contribution in [0.1, 0.15) is 33.1 Å². The highest BCUT2D eigenvalue weighted by atomic mass is 16.3. The first-order valence-electron chi connectivity index (χ1n) is 6.12. The zero-order valence-electron chi connectivity index (χ0n) is 10.7. The minimum atomic E-state index is -0.471. The van der Waals surface area contributed by atoms with Crippen molar-refractivity contribution < 1.29 is 5.11 Å². The SMILES string of the molecule is CCC(O)(CC)CN1CCC(N(C)C)C1. The van der Waals surface area contributed by atoms with Gasteiger partial charge in [0.1, 0.15) is 0 Å². The van der Waals surface area contributed by atoms with E-state index in [1.165, 1.54) is 6.42 Å². The second-order valence-corrected chi connectivity index (χ2v) is 5.07. The summed E-state index contributed by atoms with van der Waals surface area (Å²) >= 11 is 0. The summed E-state index contributed by atoms with van der Waals surface area (Å²) in [5, 5.41) is 10.3. The lowest BCUT2D eigenvalue weighted by Gasteiger charge is -2.31. The van der Waals surface area contributed by atoms with Crippen molar-refractivity contribution in [3.63, 3.8) is 0 Å². The highest BCUT2D eigenvalue weighted by Crippen LogP contribution is 2.20. The molecule has 1 saturated heterocycles. The molecule has 1 aliphatic heterocycles. The highest BCUT2D eigenvalue weighted by molar-refractivity contribution is 4.86. The lowest BCUT2D eigenvalue weighted by Crippen LogP contribution is -2.42. The van der Waals surface area contributed by atoms with Crippen LogP contribution in [0.15, 0.2) is 0 Å². The van der Waals surface area contributed by atoms with Crippen LogP contribution in [0, 0.1) is 0 Å². The summed E-state index contributed by atoms with van der Waals surface area (Å²) in [6, 6.07) is 0.669. The van der Waals surface area contributed by atoms with Gasteiger partial charge < -0.3 is 10.0 Å². The van der Waals surface area contributed by atoms with Crippen LogP contribution in [0.4, 0.5) is 0 Å². The van der Waals surface area contributed by atoms with Crippen LogP contribution in [0.2, 0.25) is 0 Å². The van der Waals surface area contributed by atoms with Gasteiger partial charge in [0.15, 0.2) is 0 Å². The van der Waals surface area contributed by atoms with Crippen molar-refractivity contribution in [2.24, 2.45) is 0 Å². The summed E-state index contributed by atoms with van der Waals surface area (Å²) in [5.41, 5.74) is -0.471. The molecule has 3 heteroatoms. The quantitative estimate of drug-likeness (QED) is 0.744. The molecule has 0 radical (unpaired) electrons.